The van der Waals surface area contributed by atoms with Crippen LogP contribution in [0.3, 0.4) is 0 Å². The van der Waals surface area contributed by atoms with Gasteiger partial charge >= 0.3 is 0 Å². The first kappa shape index (κ1) is 7.35. The van der Waals surface area contributed by atoms with Crippen molar-refractivity contribution in [1.82, 2.24) is 0 Å². The number of hydrogen-bond donors (Lipinski definition) is 0. The molecule has 0 atom stereocenters. The fraction of sp³-hybridized carbons (Fsp3) is 0.400. The van der Waals surface area contributed by atoms with Gasteiger partial charge in [-0.3, -0.25) is 0 Å². The molecular weight excluding hydrogens is 200 g/mol. The normalized spacial score (nSPS) is 19.8. The second-order valence-corrected chi connectivity index (χ2v) is 5.45. The van der Waals surface area contributed by atoms with Crippen LogP contribution >= 0.6 is 15.9 Å². The predicted octanol–water partition coefficient (Wildman–Crippen LogP) is 2.94. The third-order valence-electron chi connectivity index (χ3n) is 2.24. The Hall–Kier alpha value is -0.300. The fourth-order valence-corrected chi connectivity index (χ4v) is 2.36. The molecule has 1 heteroatoms. The van der Waals surface area contributed by atoms with E-state index in [1.807, 2.05) is 0 Å². The number of alkyl halides is 1. The summed E-state index contributed by atoms with van der Waals surface area (Å²) in [5.41, 5.74) is 3.01. The highest BCUT2D eigenvalue weighted by molar-refractivity contribution is 9.10. The molecule has 0 radical (unpaired) electrons. The number of benzene rings is 1. The summed E-state index contributed by atoms with van der Waals surface area (Å²) < 4.78 is 0.316. The van der Waals surface area contributed by atoms with Crippen molar-refractivity contribution in [3.8, 4) is 0 Å². The van der Waals surface area contributed by atoms with Gasteiger partial charge in [-0.1, -0.05) is 40.2 Å². The van der Waals surface area contributed by atoms with Crippen molar-refractivity contribution in [1.29, 1.82) is 0 Å². The van der Waals surface area contributed by atoms with E-state index in [1.165, 1.54) is 24.0 Å². The van der Waals surface area contributed by atoms with E-state index in [9.17, 15) is 0 Å². The molecule has 1 aliphatic rings. The van der Waals surface area contributed by atoms with Gasteiger partial charge in [0.05, 0.1) is 0 Å². The minimum atomic E-state index is 0.316. The summed E-state index contributed by atoms with van der Waals surface area (Å²) in [6, 6.07) is 8.68. The van der Waals surface area contributed by atoms with Crippen LogP contribution in [0.25, 0.3) is 0 Å². The molecule has 0 spiro atoms. The maximum absolute atomic E-state index is 3.72. The van der Waals surface area contributed by atoms with Crippen molar-refractivity contribution in [3.05, 3.63) is 35.4 Å². The quantitative estimate of drug-likeness (QED) is 0.579. The lowest BCUT2D eigenvalue weighted by molar-refractivity contribution is 0.707. The fourth-order valence-electron chi connectivity index (χ4n) is 1.76. The number of fused-ring (bicyclic) bond motifs is 1. The molecule has 0 unspecified atom stereocenters. The van der Waals surface area contributed by atoms with Crippen LogP contribution in [-0.2, 0) is 12.8 Å². The molecule has 0 N–H and O–H groups in total. The topological polar surface area (TPSA) is 0 Å². The van der Waals surface area contributed by atoms with Crippen molar-refractivity contribution in [2.75, 3.05) is 0 Å². The molecular formula is C10H11Br. The molecule has 0 saturated heterocycles. The smallest absolute Gasteiger partial charge is 0.0310 e. The molecule has 0 amide bonds. The summed E-state index contributed by atoms with van der Waals surface area (Å²) in [5, 5.41) is 0. The predicted molar refractivity (Wildman–Crippen MR) is 51.2 cm³/mol. The minimum Gasteiger partial charge on any atom is -0.0849 e. The molecule has 0 saturated carbocycles. The van der Waals surface area contributed by atoms with Crippen LogP contribution in [-0.4, -0.2) is 4.32 Å². The molecule has 0 heterocycles. The van der Waals surface area contributed by atoms with Crippen molar-refractivity contribution in [2.45, 2.75) is 24.1 Å². The maximum Gasteiger partial charge on any atom is 0.0310 e. The van der Waals surface area contributed by atoms with Crippen molar-refractivity contribution >= 4 is 15.9 Å². The summed E-state index contributed by atoms with van der Waals surface area (Å²) in [5.74, 6) is 0. The molecule has 1 aliphatic carbocycles. The zero-order valence-electron chi connectivity index (χ0n) is 6.60. The van der Waals surface area contributed by atoms with Crippen LogP contribution in [0.15, 0.2) is 24.3 Å². The van der Waals surface area contributed by atoms with E-state index in [-0.39, 0.29) is 0 Å². The summed E-state index contributed by atoms with van der Waals surface area (Å²) in [4.78, 5) is 0. The second-order valence-electron chi connectivity index (χ2n) is 3.54. The van der Waals surface area contributed by atoms with Gasteiger partial charge in [0, 0.05) is 4.32 Å². The van der Waals surface area contributed by atoms with E-state index >= 15 is 0 Å². The average molecular weight is 211 g/mol. The zero-order valence-corrected chi connectivity index (χ0v) is 8.19. The van der Waals surface area contributed by atoms with Gasteiger partial charge in [-0.05, 0) is 30.9 Å². The van der Waals surface area contributed by atoms with E-state index in [0.717, 1.165) is 0 Å². The Labute approximate surface area is 75.8 Å². The molecule has 1 aromatic rings. The van der Waals surface area contributed by atoms with Crippen LogP contribution < -0.4 is 0 Å². The van der Waals surface area contributed by atoms with Gasteiger partial charge in [0.25, 0.3) is 0 Å². The Bertz CT molecular complexity index is 249. The van der Waals surface area contributed by atoms with Crippen molar-refractivity contribution < 1.29 is 0 Å². The van der Waals surface area contributed by atoms with Gasteiger partial charge in [0.2, 0.25) is 0 Å². The van der Waals surface area contributed by atoms with Crippen LogP contribution in [0.2, 0.25) is 0 Å². The summed E-state index contributed by atoms with van der Waals surface area (Å²) in [6.07, 6.45) is 2.34. The van der Waals surface area contributed by atoms with E-state index in [2.05, 4.69) is 47.1 Å². The number of hydrogen-bond acceptors (Lipinski definition) is 0. The van der Waals surface area contributed by atoms with Gasteiger partial charge in [-0.2, -0.15) is 0 Å². The lowest BCUT2D eigenvalue weighted by atomic mass is 10.1. The van der Waals surface area contributed by atoms with Crippen LogP contribution in [0.5, 0.6) is 0 Å². The Morgan fingerprint density at radius 3 is 2.09 bits per heavy atom. The minimum absolute atomic E-state index is 0.316. The molecule has 0 fully saturated rings. The van der Waals surface area contributed by atoms with Crippen LogP contribution in [0, 0.1) is 0 Å². The zero-order chi connectivity index (χ0) is 7.90. The van der Waals surface area contributed by atoms with Gasteiger partial charge < -0.3 is 0 Å². The monoisotopic (exact) mass is 210 g/mol. The summed E-state index contributed by atoms with van der Waals surface area (Å²) in [7, 11) is 0. The van der Waals surface area contributed by atoms with E-state index < -0.39 is 0 Å². The Kier molecular flexibility index (Phi) is 1.57. The molecule has 58 valence electrons. The molecule has 0 aromatic heterocycles. The Morgan fingerprint density at radius 2 is 1.64 bits per heavy atom. The lowest BCUT2D eigenvalue weighted by Gasteiger charge is -2.11. The largest absolute Gasteiger partial charge is 0.0849 e. The third kappa shape index (κ3) is 1.34. The molecule has 2 rings (SSSR count). The summed E-state index contributed by atoms with van der Waals surface area (Å²) in [6.45, 7) is 2.26. The molecule has 1 aromatic carbocycles. The SMILES string of the molecule is CC1(Br)Cc2ccccc2C1. The Morgan fingerprint density at radius 1 is 1.18 bits per heavy atom. The van der Waals surface area contributed by atoms with Gasteiger partial charge in [0.15, 0.2) is 0 Å². The molecule has 0 bridgehead atoms. The third-order valence-corrected chi connectivity index (χ3v) is 2.80. The standard InChI is InChI=1S/C10H11Br/c1-10(11)6-8-4-2-3-5-9(8)7-10/h2-5H,6-7H2,1H3. The van der Waals surface area contributed by atoms with E-state index in [0.29, 0.717) is 4.32 Å². The van der Waals surface area contributed by atoms with Gasteiger partial charge in [-0.15, -0.1) is 0 Å². The van der Waals surface area contributed by atoms with Crippen molar-refractivity contribution in [2.24, 2.45) is 0 Å². The first-order chi connectivity index (χ1) is 5.17. The highest BCUT2D eigenvalue weighted by atomic mass is 79.9. The highest BCUT2D eigenvalue weighted by Gasteiger charge is 2.29. The van der Waals surface area contributed by atoms with Crippen LogP contribution in [0.4, 0.5) is 0 Å². The van der Waals surface area contributed by atoms with E-state index in [1.54, 1.807) is 0 Å². The van der Waals surface area contributed by atoms with Gasteiger partial charge in [-0.25, -0.2) is 0 Å². The molecule has 0 aliphatic heterocycles. The number of rotatable bonds is 0. The number of halogens is 1. The van der Waals surface area contributed by atoms with Gasteiger partial charge in [0.1, 0.15) is 0 Å². The average Bonchev–Trinajstić information content (AvgIpc) is 2.21. The Balaban J connectivity index is 2.41. The first-order valence-electron chi connectivity index (χ1n) is 3.93. The lowest BCUT2D eigenvalue weighted by Crippen LogP contribution is -2.14. The van der Waals surface area contributed by atoms with Crippen molar-refractivity contribution in [3.63, 3.8) is 0 Å². The summed E-state index contributed by atoms with van der Waals surface area (Å²) >= 11 is 3.72. The first-order valence-corrected chi connectivity index (χ1v) is 4.72. The molecule has 11 heavy (non-hydrogen) atoms. The van der Waals surface area contributed by atoms with Crippen LogP contribution in [0.1, 0.15) is 18.1 Å². The molecule has 0 nitrogen and oxygen atoms in total. The van der Waals surface area contributed by atoms with E-state index in [4.69, 9.17) is 0 Å². The second kappa shape index (κ2) is 2.34. The maximum atomic E-state index is 3.72. The highest BCUT2D eigenvalue weighted by Crippen LogP contribution is 2.35.